The van der Waals surface area contributed by atoms with E-state index < -0.39 is 0 Å². The van der Waals surface area contributed by atoms with E-state index in [1.165, 1.54) is 25.7 Å². The lowest BCUT2D eigenvalue weighted by atomic mass is 10.1. The van der Waals surface area contributed by atoms with Crippen LogP contribution in [0.15, 0.2) is 28.8 Å². The first-order valence-corrected chi connectivity index (χ1v) is 7.94. The summed E-state index contributed by atoms with van der Waals surface area (Å²) < 4.78 is 5.12. The summed E-state index contributed by atoms with van der Waals surface area (Å²) in [5, 5.41) is 6.92. The number of amides is 1. The number of benzene rings is 1. The Morgan fingerprint density at radius 2 is 1.82 bits per heavy atom. The van der Waals surface area contributed by atoms with Crippen molar-refractivity contribution in [3.8, 4) is 11.5 Å². The Kier molecular flexibility index (Phi) is 4.51. The normalized spacial score (nSPS) is 16.2. The van der Waals surface area contributed by atoms with Gasteiger partial charge in [0.2, 0.25) is 0 Å². The molecule has 0 spiro atoms. The van der Waals surface area contributed by atoms with E-state index in [9.17, 15) is 4.79 Å². The molecule has 5 nitrogen and oxygen atoms in total. The predicted octanol–water partition coefficient (Wildman–Crippen LogP) is 3.50. The van der Waals surface area contributed by atoms with E-state index in [0.29, 0.717) is 23.3 Å². The summed E-state index contributed by atoms with van der Waals surface area (Å²) in [5.41, 5.74) is 1.50. The number of aromatic nitrogens is 2. The zero-order valence-corrected chi connectivity index (χ0v) is 12.8. The maximum absolute atomic E-state index is 12.3. The van der Waals surface area contributed by atoms with Gasteiger partial charge in [-0.1, -0.05) is 30.8 Å². The zero-order chi connectivity index (χ0) is 15.4. The lowest BCUT2D eigenvalue weighted by Gasteiger charge is -2.16. The molecule has 3 rings (SSSR count). The summed E-state index contributed by atoms with van der Waals surface area (Å²) >= 11 is 0. The van der Waals surface area contributed by atoms with Crippen LogP contribution in [-0.2, 0) is 0 Å². The Bertz CT molecular complexity index is 626. The second kappa shape index (κ2) is 6.73. The summed E-state index contributed by atoms with van der Waals surface area (Å²) in [5.74, 6) is 1.08. The Morgan fingerprint density at radius 3 is 2.41 bits per heavy atom. The molecule has 1 aromatic heterocycles. The second-order valence-electron chi connectivity index (χ2n) is 5.89. The molecule has 0 unspecified atom stereocenters. The number of nitrogens with zero attached hydrogens (tertiary/aromatic N) is 2. The molecule has 0 bridgehead atoms. The van der Waals surface area contributed by atoms with Crippen LogP contribution in [-0.4, -0.2) is 22.1 Å². The molecule has 0 saturated heterocycles. The molecule has 0 aliphatic heterocycles. The van der Waals surface area contributed by atoms with Crippen molar-refractivity contribution < 1.29 is 9.32 Å². The van der Waals surface area contributed by atoms with Gasteiger partial charge in [0.1, 0.15) is 0 Å². The molecule has 1 aliphatic rings. The van der Waals surface area contributed by atoms with Crippen molar-refractivity contribution in [3.05, 3.63) is 35.7 Å². The summed E-state index contributed by atoms with van der Waals surface area (Å²) in [7, 11) is 0. The molecule has 5 heteroatoms. The van der Waals surface area contributed by atoms with Gasteiger partial charge in [0.25, 0.3) is 11.8 Å². The van der Waals surface area contributed by atoms with E-state index in [-0.39, 0.29) is 5.91 Å². The maximum atomic E-state index is 12.3. The highest BCUT2D eigenvalue weighted by Gasteiger charge is 2.16. The van der Waals surface area contributed by atoms with Gasteiger partial charge in [-0.05, 0) is 44.0 Å². The second-order valence-corrected chi connectivity index (χ2v) is 5.89. The van der Waals surface area contributed by atoms with Crippen LogP contribution in [0.25, 0.3) is 11.5 Å². The molecule has 1 aromatic carbocycles. The zero-order valence-electron chi connectivity index (χ0n) is 12.8. The average molecular weight is 299 g/mol. The van der Waals surface area contributed by atoms with Gasteiger partial charge in [-0.25, -0.2) is 0 Å². The summed E-state index contributed by atoms with van der Waals surface area (Å²) in [6.07, 6.45) is 7.16. The molecule has 1 N–H and O–H groups in total. The SMILES string of the molecule is Cc1noc(-c2ccc(C(=O)NC3CCCCCC3)cc2)n1. The minimum Gasteiger partial charge on any atom is -0.349 e. The molecule has 1 aliphatic carbocycles. The number of carbonyl (C=O) groups is 1. The van der Waals surface area contributed by atoms with Crippen molar-refractivity contribution in [2.75, 3.05) is 0 Å². The molecular weight excluding hydrogens is 278 g/mol. The minimum absolute atomic E-state index is 0.000148. The Morgan fingerprint density at radius 1 is 1.14 bits per heavy atom. The first kappa shape index (κ1) is 14.8. The monoisotopic (exact) mass is 299 g/mol. The van der Waals surface area contributed by atoms with Crippen LogP contribution in [0.4, 0.5) is 0 Å². The van der Waals surface area contributed by atoms with Gasteiger partial charge >= 0.3 is 0 Å². The van der Waals surface area contributed by atoms with E-state index in [2.05, 4.69) is 15.5 Å². The maximum Gasteiger partial charge on any atom is 0.257 e. The van der Waals surface area contributed by atoms with Gasteiger partial charge in [-0.3, -0.25) is 4.79 Å². The largest absolute Gasteiger partial charge is 0.349 e. The van der Waals surface area contributed by atoms with Crippen LogP contribution in [0, 0.1) is 6.92 Å². The first-order chi connectivity index (χ1) is 10.7. The van der Waals surface area contributed by atoms with Crippen molar-refractivity contribution in [1.29, 1.82) is 0 Å². The van der Waals surface area contributed by atoms with E-state index in [1.807, 2.05) is 12.1 Å². The van der Waals surface area contributed by atoms with Gasteiger partial charge < -0.3 is 9.84 Å². The number of aryl methyl sites for hydroxylation is 1. The molecule has 0 atom stereocenters. The highest BCUT2D eigenvalue weighted by molar-refractivity contribution is 5.94. The van der Waals surface area contributed by atoms with Crippen molar-refractivity contribution in [2.45, 2.75) is 51.5 Å². The standard InChI is InChI=1S/C17H21N3O2/c1-12-18-17(22-20-12)14-10-8-13(9-11-14)16(21)19-15-6-4-2-3-5-7-15/h8-11,15H,2-7H2,1H3,(H,19,21). The molecular formula is C17H21N3O2. The minimum atomic E-state index is 0.000148. The average Bonchev–Trinajstić information content (AvgIpc) is 2.80. The Labute approximate surface area is 130 Å². The summed E-state index contributed by atoms with van der Waals surface area (Å²) in [6.45, 7) is 1.78. The van der Waals surface area contributed by atoms with Crippen LogP contribution >= 0.6 is 0 Å². The van der Waals surface area contributed by atoms with Crippen LogP contribution in [0.3, 0.4) is 0 Å². The van der Waals surface area contributed by atoms with Crippen LogP contribution in [0.5, 0.6) is 0 Å². The number of hydrogen-bond donors (Lipinski definition) is 1. The summed E-state index contributed by atoms with van der Waals surface area (Å²) in [6, 6.07) is 7.61. The number of rotatable bonds is 3. The topological polar surface area (TPSA) is 68.0 Å². The molecule has 1 saturated carbocycles. The lowest BCUT2D eigenvalue weighted by Crippen LogP contribution is -2.34. The van der Waals surface area contributed by atoms with Crippen molar-refractivity contribution >= 4 is 5.91 Å². The fourth-order valence-electron chi connectivity index (χ4n) is 2.87. The quantitative estimate of drug-likeness (QED) is 0.881. The molecule has 22 heavy (non-hydrogen) atoms. The van der Waals surface area contributed by atoms with Crippen LogP contribution < -0.4 is 5.32 Å². The van der Waals surface area contributed by atoms with E-state index in [0.717, 1.165) is 18.4 Å². The van der Waals surface area contributed by atoms with Crippen molar-refractivity contribution in [3.63, 3.8) is 0 Å². The van der Waals surface area contributed by atoms with Gasteiger partial charge in [-0.2, -0.15) is 4.98 Å². The molecule has 1 amide bonds. The first-order valence-electron chi connectivity index (χ1n) is 7.94. The molecule has 1 fully saturated rings. The van der Waals surface area contributed by atoms with E-state index in [1.54, 1.807) is 19.1 Å². The predicted molar refractivity (Wildman–Crippen MR) is 83.4 cm³/mol. The summed E-state index contributed by atoms with van der Waals surface area (Å²) in [4.78, 5) is 16.5. The van der Waals surface area contributed by atoms with Crippen LogP contribution in [0.1, 0.15) is 54.7 Å². The number of hydrogen-bond acceptors (Lipinski definition) is 4. The fourth-order valence-corrected chi connectivity index (χ4v) is 2.87. The Balaban J connectivity index is 1.65. The van der Waals surface area contributed by atoms with Gasteiger partial charge in [0.15, 0.2) is 5.82 Å². The van der Waals surface area contributed by atoms with Gasteiger partial charge in [-0.15, -0.1) is 0 Å². The van der Waals surface area contributed by atoms with Crippen molar-refractivity contribution in [2.24, 2.45) is 0 Å². The third kappa shape index (κ3) is 3.53. The van der Waals surface area contributed by atoms with Crippen molar-refractivity contribution in [1.82, 2.24) is 15.5 Å². The lowest BCUT2D eigenvalue weighted by molar-refractivity contribution is 0.0933. The van der Waals surface area contributed by atoms with Gasteiger partial charge in [0.05, 0.1) is 0 Å². The highest BCUT2D eigenvalue weighted by Crippen LogP contribution is 2.19. The Hall–Kier alpha value is -2.17. The molecule has 2 aromatic rings. The number of nitrogens with one attached hydrogen (secondary N) is 1. The fraction of sp³-hybridized carbons (Fsp3) is 0.471. The highest BCUT2D eigenvalue weighted by atomic mass is 16.5. The molecule has 0 radical (unpaired) electrons. The smallest absolute Gasteiger partial charge is 0.257 e. The third-order valence-electron chi connectivity index (χ3n) is 4.11. The number of carbonyl (C=O) groups excluding carboxylic acids is 1. The van der Waals surface area contributed by atoms with E-state index in [4.69, 9.17) is 4.52 Å². The van der Waals surface area contributed by atoms with Crippen LogP contribution in [0.2, 0.25) is 0 Å². The van der Waals surface area contributed by atoms with Gasteiger partial charge in [0, 0.05) is 17.2 Å². The van der Waals surface area contributed by atoms with E-state index >= 15 is 0 Å². The molecule has 1 heterocycles. The molecule has 116 valence electrons. The third-order valence-corrected chi connectivity index (χ3v) is 4.11.